The molecule has 0 spiro atoms. The van der Waals surface area contributed by atoms with E-state index in [0.29, 0.717) is 17.9 Å². The second-order valence-corrected chi connectivity index (χ2v) is 10.3. The van der Waals surface area contributed by atoms with Gasteiger partial charge in [0.2, 0.25) is 9.67 Å². The molecular weight excluding hydrogens is 435 g/mol. The minimum atomic E-state index is -4.16. The minimum absolute atomic E-state index is 0.401. The fraction of sp³-hybridized carbons (Fsp3) is 0.471. The molecular formula is C17H19Cl3N2O4S. The molecule has 1 aliphatic heterocycles. The third-order valence-electron chi connectivity index (χ3n) is 4.16. The Morgan fingerprint density at radius 1 is 1.30 bits per heavy atom. The lowest BCUT2D eigenvalue weighted by molar-refractivity contribution is 0.179. The van der Waals surface area contributed by atoms with Gasteiger partial charge in [-0.1, -0.05) is 60.3 Å². The van der Waals surface area contributed by atoms with Crippen molar-refractivity contribution in [2.24, 2.45) is 0 Å². The molecule has 0 fully saturated rings. The molecule has 2 aromatic rings. The van der Waals surface area contributed by atoms with Gasteiger partial charge in [0.1, 0.15) is 12.7 Å². The molecule has 0 saturated carbocycles. The van der Waals surface area contributed by atoms with Crippen LogP contribution in [-0.4, -0.2) is 29.9 Å². The number of nitrogens with zero attached hydrogens (tertiary/aromatic N) is 1. The molecule has 3 rings (SSSR count). The van der Waals surface area contributed by atoms with Gasteiger partial charge in [-0.3, -0.25) is 4.18 Å². The van der Waals surface area contributed by atoms with Crippen LogP contribution < -0.4 is 9.46 Å². The van der Waals surface area contributed by atoms with Crippen molar-refractivity contribution < 1.29 is 17.3 Å². The van der Waals surface area contributed by atoms with Crippen molar-refractivity contribution in [1.82, 2.24) is 9.71 Å². The van der Waals surface area contributed by atoms with Gasteiger partial charge in [0.25, 0.3) is 0 Å². The van der Waals surface area contributed by atoms with Crippen molar-refractivity contribution in [3.63, 3.8) is 0 Å². The van der Waals surface area contributed by atoms with Gasteiger partial charge in [0.05, 0.1) is 11.6 Å². The fourth-order valence-corrected chi connectivity index (χ4v) is 4.34. The summed E-state index contributed by atoms with van der Waals surface area (Å²) in [6.45, 7) is 3.37. The van der Waals surface area contributed by atoms with Crippen LogP contribution in [0.2, 0.25) is 0 Å². The lowest BCUT2D eigenvalue weighted by Crippen LogP contribution is -2.37. The largest absolute Gasteiger partial charge is 0.472 e. The molecule has 148 valence electrons. The summed E-state index contributed by atoms with van der Waals surface area (Å²) in [5, 5.41) is 0.895. The van der Waals surface area contributed by atoms with Crippen LogP contribution in [0.3, 0.4) is 0 Å². The lowest BCUT2D eigenvalue weighted by atomic mass is 10.0. The molecule has 2 heterocycles. The highest BCUT2D eigenvalue weighted by molar-refractivity contribution is 7.84. The third kappa shape index (κ3) is 5.16. The number of ether oxygens (including phenoxy) is 1. The van der Waals surface area contributed by atoms with Crippen LogP contribution in [0.1, 0.15) is 36.9 Å². The second-order valence-electron chi connectivity index (χ2n) is 6.45. The Bertz CT molecular complexity index is 947. The summed E-state index contributed by atoms with van der Waals surface area (Å²) >= 11 is 16.7. The number of hydrogen-bond donors (Lipinski definition) is 1. The number of pyridine rings is 1. The molecule has 0 radical (unpaired) electrons. The van der Waals surface area contributed by atoms with Gasteiger partial charge in [-0.15, -0.1) is 0 Å². The Labute approximate surface area is 173 Å². The first-order chi connectivity index (χ1) is 12.6. The molecule has 1 aromatic heterocycles. The Hall–Kier alpha value is -0.830. The van der Waals surface area contributed by atoms with Crippen molar-refractivity contribution >= 4 is 56.0 Å². The molecule has 2 atom stereocenters. The van der Waals surface area contributed by atoms with E-state index in [1.54, 1.807) is 0 Å². The molecule has 1 aliphatic rings. The van der Waals surface area contributed by atoms with Gasteiger partial charge in [-0.2, -0.15) is 13.1 Å². The van der Waals surface area contributed by atoms with Crippen molar-refractivity contribution in [2.45, 2.75) is 42.6 Å². The quantitative estimate of drug-likeness (QED) is 0.657. The highest BCUT2D eigenvalue weighted by Crippen LogP contribution is 2.39. The predicted octanol–water partition coefficient (Wildman–Crippen LogP) is 4.37. The van der Waals surface area contributed by atoms with Crippen LogP contribution >= 0.6 is 34.8 Å². The Morgan fingerprint density at radius 3 is 2.70 bits per heavy atom. The van der Waals surface area contributed by atoms with E-state index in [1.165, 1.54) is 0 Å². The van der Waals surface area contributed by atoms with Crippen molar-refractivity contribution in [3.05, 3.63) is 35.4 Å². The summed E-state index contributed by atoms with van der Waals surface area (Å²) in [6.07, 6.45) is 1.05. The number of rotatable bonds is 6. The van der Waals surface area contributed by atoms with Gasteiger partial charge >= 0.3 is 10.3 Å². The van der Waals surface area contributed by atoms with E-state index in [9.17, 15) is 8.42 Å². The zero-order valence-electron chi connectivity index (χ0n) is 14.7. The average Bonchev–Trinajstić information content (AvgIpc) is 2.87. The molecule has 10 heteroatoms. The van der Waals surface area contributed by atoms with Crippen LogP contribution in [0.4, 0.5) is 0 Å². The van der Waals surface area contributed by atoms with Crippen molar-refractivity contribution in [3.8, 4) is 5.88 Å². The topological polar surface area (TPSA) is 77.5 Å². The van der Waals surface area contributed by atoms with Gasteiger partial charge in [-0.25, -0.2) is 4.98 Å². The van der Waals surface area contributed by atoms with Gasteiger partial charge < -0.3 is 4.74 Å². The Balaban J connectivity index is 1.92. The molecule has 0 saturated heterocycles. The standard InChI is InChI=1S/C17H19Cl3N2O4S/c1-3-4-14-15(22-27(23,24)25-9-17(18,19)20)12-8-11-6-5-10(2)7-13(11)21-16(12)26-14/h5-8,14-15,22H,3-4,9H2,1-2H3/t14-,15+/m0/s1. The van der Waals surface area contributed by atoms with E-state index < -0.39 is 32.8 Å². The number of benzene rings is 1. The minimum Gasteiger partial charge on any atom is -0.472 e. The lowest BCUT2D eigenvalue weighted by Gasteiger charge is -2.20. The van der Waals surface area contributed by atoms with Crippen molar-refractivity contribution in [2.75, 3.05) is 6.61 Å². The number of aryl methyl sites for hydroxylation is 1. The van der Waals surface area contributed by atoms with E-state index in [-0.39, 0.29) is 0 Å². The summed E-state index contributed by atoms with van der Waals surface area (Å²) in [4.78, 5) is 4.55. The van der Waals surface area contributed by atoms with E-state index in [1.807, 2.05) is 38.1 Å². The first-order valence-corrected chi connectivity index (χ1v) is 10.9. The van der Waals surface area contributed by atoms with Crippen LogP contribution in [0.25, 0.3) is 10.9 Å². The average molecular weight is 454 g/mol. The number of alkyl halides is 3. The highest BCUT2D eigenvalue weighted by Gasteiger charge is 2.38. The summed E-state index contributed by atoms with van der Waals surface area (Å²) in [6, 6.07) is 7.11. The highest BCUT2D eigenvalue weighted by atomic mass is 35.6. The summed E-state index contributed by atoms with van der Waals surface area (Å²) in [5.41, 5.74) is 2.53. The molecule has 27 heavy (non-hydrogen) atoms. The smallest absolute Gasteiger partial charge is 0.336 e. The maximum absolute atomic E-state index is 12.3. The molecule has 0 unspecified atom stereocenters. The normalized spacial score (nSPS) is 19.9. The Morgan fingerprint density at radius 2 is 2.04 bits per heavy atom. The second kappa shape index (κ2) is 7.89. The summed E-state index contributed by atoms with van der Waals surface area (Å²) in [7, 11) is -4.16. The molecule has 6 nitrogen and oxygen atoms in total. The maximum atomic E-state index is 12.3. The molecule has 1 N–H and O–H groups in total. The first kappa shape index (κ1) is 20.9. The van der Waals surface area contributed by atoms with Crippen LogP contribution in [0.15, 0.2) is 24.3 Å². The zero-order chi connectivity index (χ0) is 19.8. The predicted molar refractivity (Wildman–Crippen MR) is 107 cm³/mol. The monoisotopic (exact) mass is 452 g/mol. The molecule has 0 bridgehead atoms. The van der Waals surface area contributed by atoms with Crippen molar-refractivity contribution in [1.29, 1.82) is 0 Å². The fourth-order valence-electron chi connectivity index (χ4n) is 2.99. The van der Waals surface area contributed by atoms with Gasteiger partial charge in [-0.05, 0) is 31.0 Å². The molecule has 0 amide bonds. The van der Waals surface area contributed by atoms with E-state index in [2.05, 4.69) is 9.71 Å². The molecule has 0 aliphatic carbocycles. The molecule has 1 aromatic carbocycles. The SMILES string of the molecule is CCC[C@@H]1Oc2nc3cc(C)ccc3cc2[C@H]1NS(=O)(=O)OCC(Cl)(Cl)Cl. The van der Waals surface area contributed by atoms with E-state index >= 15 is 0 Å². The summed E-state index contributed by atoms with van der Waals surface area (Å²) < 4.78 is 36.0. The van der Waals surface area contributed by atoms with Gasteiger partial charge in [0, 0.05) is 10.9 Å². The zero-order valence-corrected chi connectivity index (χ0v) is 17.8. The van der Waals surface area contributed by atoms with Gasteiger partial charge in [0.15, 0.2) is 0 Å². The number of nitrogens with one attached hydrogen (secondary N) is 1. The first-order valence-electron chi connectivity index (χ1n) is 8.39. The number of aromatic nitrogens is 1. The number of fused-ring (bicyclic) bond motifs is 2. The van der Waals surface area contributed by atoms with E-state index in [4.69, 9.17) is 43.7 Å². The maximum Gasteiger partial charge on any atom is 0.336 e. The third-order valence-corrected chi connectivity index (χ3v) is 5.46. The number of halogens is 3. The van der Waals surface area contributed by atoms with Crippen LogP contribution in [0.5, 0.6) is 5.88 Å². The number of hydrogen-bond acceptors (Lipinski definition) is 5. The van der Waals surface area contributed by atoms with Crippen LogP contribution in [0, 0.1) is 6.92 Å². The Kier molecular flexibility index (Phi) is 6.11. The van der Waals surface area contributed by atoms with Crippen LogP contribution in [-0.2, 0) is 14.5 Å². The van der Waals surface area contributed by atoms with E-state index in [0.717, 1.165) is 22.9 Å². The summed E-state index contributed by atoms with van der Waals surface area (Å²) in [5.74, 6) is 0.417.